The minimum Gasteiger partial charge on any atom is -0.228 e. The van der Waals surface area contributed by atoms with Crippen molar-refractivity contribution in [2.75, 3.05) is 0 Å². The highest BCUT2D eigenvalue weighted by Crippen LogP contribution is 2.27. The molecule has 94 valence electrons. The van der Waals surface area contributed by atoms with E-state index in [1.54, 1.807) is 24.3 Å². The molecule has 0 aliphatic carbocycles. The van der Waals surface area contributed by atoms with Gasteiger partial charge in [0.05, 0.1) is 11.1 Å². The maximum atomic E-state index is 13.7. The van der Waals surface area contributed by atoms with E-state index >= 15 is 0 Å². The van der Waals surface area contributed by atoms with E-state index in [0.29, 0.717) is 10.9 Å². The van der Waals surface area contributed by atoms with Crippen LogP contribution in [-0.2, 0) is 0 Å². The largest absolute Gasteiger partial charge is 0.228 e. The standard InChI is InChI=1S/C14H7ClF2N2/c15-13-8-4-1-2-7-11(8)18-14(19-13)12-9(16)5-3-6-10(12)17/h1-7H. The average molecular weight is 277 g/mol. The summed E-state index contributed by atoms with van der Waals surface area (Å²) in [6.45, 7) is 0. The minimum atomic E-state index is -0.716. The van der Waals surface area contributed by atoms with E-state index < -0.39 is 11.6 Å². The van der Waals surface area contributed by atoms with Crippen molar-refractivity contribution in [1.82, 2.24) is 9.97 Å². The highest BCUT2D eigenvalue weighted by Gasteiger charge is 2.15. The zero-order valence-corrected chi connectivity index (χ0v) is 10.3. The highest BCUT2D eigenvalue weighted by atomic mass is 35.5. The first-order valence-corrected chi connectivity index (χ1v) is 5.91. The molecule has 1 aromatic heterocycles. The second-order valence-corrected chi connectivity index (χ2v) is 4.31. The molecule has 0 N–H and O–H groups in total. The molecule has 0 saturated heterocycles. The quantitative estimate of drug-likeness (QED) is 0.622. The van der Waals surface area contributed by atoms with Gasteiger partial charge in [-0.05, 0) is 24.3 Å². The lowest BCUT2D eigenvalue weighted by molar-refractivity contribution is 0.587. The van der Waals surface area contributed by atoms with Gasteiger partial charge in [0.25, 0.3) is 0 Å². The van der Waals surface area contributed by atoms with Gasteiger partial charge in [-0.3, -0.25) is 0 Å². The molecule has 2 aromatic carbocycles. The molecule has 3 rings (SSSR count). The highest BCUT2D eigenvalue weighted by molar-refractivity contribution is 6.34. The lowest BCUT2D eigenvalue weighted by Gasteiger charge is -2.06. The van der Waals surface area contributed by atoms with Crippen molar-refractivity contribution in [1.29, 1.82) is 0 Å². The third-order valence-corrected chi connectivity index (χ3v) is 3.03. The molecule has 0 aliphatic heterocycles. The maximum Gasteiger partial charge on any atom is 0.167 e. The van der Waals surface area contributed by atoms with Crippen LogP contribution in [-0.4, -0.2) is 9.97 Å². The van der Waals surface area contributed by atoms with Crippen molar-refractivity contribution in [3.8, 4) is 11.4 Å². The van der Waals surface area contributed by atoms with E-state index in [1.807, 2.05) is 0 Å². The third-order valence-electron chi connectivity index (χ3n) is 2.74. The first-order valence-electron chi connectivity index (χ1n) is 5.53. The van der Waals surface area contributed by atoms with Gasteiger partial charge in [-0.1, -0.05) is 29.8 Å². The first kappa shape index (κ1) is 12.0. The lowest BCUT2D eigenvalue weighted by Crippen LogP contribution is -1.97. The van der Waals surface area contributed by atoms with Crippen LogP contribution in [0.3, 0.4) is 0 Å². The molecule has 19 heavy (non-hydrogen) atoms. The molecule has 0 aliphatic rings. The van der Waals surface area contributed by atoms with Crippen LogP contribution in [0.15, 0.2) is 42.5 Å². The van der Waals surface area contributed by atoms with E-state index in [4.69, 9.17) is 11.6 Å². The van der Waals surface area contributed by atoms with Gasteiger partial charge in [-0.15, -0.1) is 0 Å². The van der Waals surface area contributed by atoms with Crippen LogP contribution in [0, 0.1) is 11.6 Å². The second-order valence-electron chi connectivity index (χ2n) is 3.95. The molecule has 0 fully saturated rings. The SMILES string of the molecule is Fc1cccc(F)c1-c1nc(Cl)c2ccccc2n1. The number of para-hydroxylation sites is 1. The molecule has 0 spiro atoms. The fourth-order valence-electron chi connectivity index (χ4n) is 1.86. The van der Waals surface area contributed by atoms with Gasteiger partial charge < -0.3 is 0 Å². The first-order chi connectivity index (χ1) is 9.16. The summed E-state index contributed by atoms with van der Waals surface area (Å²) in [5, 5.41) is 0.813. The summed E-state index contributed by atoms with van der Waals surface area (Å²) in [5.74, 6) is -1.49. The third kappa shape index (κ3) is 2.04. The summed E-state index contributed by atoms with van der Waals surface area (Å²) in [7, 11) is 0. The number of fused-ring (bicyclic) bond motifs is 1. The van der Waals surface area contributed by atoms with Crippen molar-refractivity contribution < 1.29 is 8.78 Å². The Bertz CT molecular complexity index is 754. The Morgan fingerprint density at radius 2 is 1.53 bits per heavy atom. The number of halogens is 3. The Hall–Kier alpha value is -2.07. The van der Waals surface area contributed by atoms with Gasteiger partial charge in [0.1, 0.15) is 16.8 Å². The van der Waals surface area contributed by atoms with Crippen molar-refractivity contribution in [3.63, 3.8) is 0 Å². The summed E-state index contributed by atoms with van der Waals surface area (Å²) < 4.78 is 27.4. The number of hydrogen-bond acceptors (Lipinski definition) is 2. The molecular formula is C14H7ClF2N2. The van der Waals surface area contributed by atoms with Crippen molar-refractivity contribution >= 4 is 22.5 Å². The Morgan fingerprint density at radius 1 is 0.842 bits per heavy atom. The maximum absolute atomic E-state index is 13.7. The van der Waals surface area contributed by atoms with Gasteiger partial charge in [0.2, 0.25) is 0 Å². The molecule has 3 aromatic rings. The Kier molecular flexibility index (Phi) is 2.87. The van der Waals surface area contributed by atoms with Crippen LogP contribution in [0.25, 0.3) is 22.3 Å². The number of hydrogen-bond donors (Lipinski definition) is 0. The van der Waals surface area contributed by atoms with Gasteiger partial charge in [-0.25, -0.2) is 18.7 Å². The van der Waals surface area contributed by atoms with Crippen LogP contribution >= 0.6 is 11.6 Å². The number of nitrogens with zero attached hydrogens (tertiary/aromatic N) is 2. The van der Waals surface area contributed by atoms with Crippen LogP contribution in [0.5, 0.6) is 0 Å². The molecule has 0 saturated carbocycles. The van der Waals surface area contributed by atoms with E-state index in [-0.39, 0.29) is 16.5 Å². The fraction of sp³-hybridized carbons (Fsp3) is 0. The summed E-state index contributed by atoms with van der Waals surface area (Å²) in [6, 6.07) is 10.6. The second kappa shape index (κ2) is 4.55. The van der Waals surface area contributed by atoms with E-state index in [9.17, 15) is 8.78 Å². The molecule has 0 unspecified atom stereocenters. The average Bonchev–Trinajstić information content (AvgIpc) is 2.38. The van der Waals surface area contributed by atoms with Crippen LogP contribution in [0.4, 0.5) is 8.78 Å². The Balaban J connectivity index is 2.32. The summed E-state index contributed by atoms with van der Waals surface area (Å²) in [5.41, 5.74) is 0.273. The molecule has 0 atom stereocenters. The predicted octanol–water partition coefficient (Wildman–Crippen LogP) is 4.23. The summed E-state index contributed by atoms with van der Waals surface area (Å²) in [4.78, 5) is 8.12. The van der Waals surface area contributed by atoms with Crippen molar-refractivity contribution in [3.05, 3.63) is 59.3 Å². The fourth-order valence-corrected chi connectivity index (χ4v) is 2.10. The Morgan fingerprint density at radius 3 is 2.26 bits per heavy atom. The minimum absolute atomic E-state index is 0.0562. The molecule has 0 amide bonds. The molecule has 2 nitrogen and oxygen atoms in total. The molecular weight excluding hydrogens is 270 g/mol. The van der Waals surface area contributed by atoms with Crippen molar-refractivity contribution in [2.45, 2.75) is 0 Å². The smallest absolute Gasteiger partial charge is 0.167 e. The lowest BCUT2D eigenvalue weighted by atomic mass is 10.1. The van der Waals surface area contributed by atoms with Gasteiger partial charge in [0.15, 0.2) is 5.82 Å². The van der Waals surface area contributed by atoms with Crippen LogP contribution in [0.2, 0.25) is 5.15 Å². The number of benzene rings is 2. The number of aromatic nitrogens is 2. The van der Waals surface area contributed by atoms with Gasteiger partial charge in [-0.2, -0.15) is 0 Å². The number of rotatable bonds is 1. The zero-order chi connectivity index (χ0) is 13.4. The van der Waals surface area contributed by atoms with Crippen molar-refractivity contribution in [2.24, 2.45) is 0 Å². The monoisotopic (exact) mass is 276 g/mol. The van der Waals surface area contributed by atoms with E-state index in [0.717, 1.165) is 12.1 Å². The molecule has 5 heteroatoms. The van der Waals surface area contributed by atoms with Crippen LogP contribution < -0.4 is 0 Å². The summed E-state index contributed by atoms with van der Waals surface area (Å²) >= 11 is 6.02. The normalized spacial score (nSPS) is 10.9. The molecule has 0 bridgehead atoms. The molecule has 1 heterocycles. The van der Waals surface area contributed by atoms with Crippen LogP contribution in [0.1, 0.15) is 0 Å². The Labute approximate surface area is 112 Å². The molecule has 0 radical (unpaired) electrons. The van der Waals surface area contributed by atoms with Gasteiger partial charge >= 0.3 is 0 Å². The summed E-state index contributed by atoms with van der Waals surface area (Å²) in [6.07, 6.45) is 0. The predicted molar refractivity (Wildman–Crippen MR) is 69.9 cm³/mol. The van der Waals surface area contributed by atoms with Gasteiger partial charge in [0, 0.05) is 5.39 Å². The van der Waals surface area contributed by atoms with E-state index in [1.165, 1.54) is 6.07 Å². The topological polar surface area (TPSA) is 25.8 Å². The van der Waals surface area contributed by atoms with E-state index in [2.05, 4.69) is 9.97 Å². The zero-order valence-electron chi connectivity index (χ0n) is 9.57.